The largest absolute Gasteiger partial charge is 0.497 e. The number of nitrogens with one attached hydrogen (secondary N) is 2. The van der Waals surface area contributed by atoms with Crippen LogP contribution in [0.4, 0.5) is 6.01 Å². The maximum atomic E-state index is 6.26. The van der Waals surface area contributed by atoms with E-state index in [1.807, 2.05) is 37.3 Å². The molecule has 8 heteroatoms. The third-order valence-corrected chi connectivity index (χ3v) is 4.40. The van der Waals surface area contributed by atoms with Crippen LogP contribution in [0.1, 0.15) is 18.5 Å². The summed E-state index contributed by atoms with van der Waals surface area (Å²) in [6.07, 6.45) is 1.70. The molecule has 2 heterocycles. The Labute approximate surface area is 154 Å². The number of hydrogen-bond acceptors (Lipinski definition) is 6. The fraction of sp³-hybridized carbons (Fsp3) is 0.167. The summed E-state index contributed by atoms with van der Waals surface area (Å²) in [7, 11) is 1.64. The molecule has 0 saturated carbocycles. The standard InChI is InChI=1S/C18H16ClN5O2/c1-10(11-4-3-5-14(7-11)25-2)21-18-24-23-17(26-18)12-6-13-9-20-22-16(13)15(19)8-12/h3-10H,1-2H3,(H,20,22)(H,21,24)/t10-/m1/s1. The minimum absolute atomic E-state index is 0.0293. The normalized spacial score (nSPS) is 12.3. The van der Waals surface area contributed by atoms with Gasteiger partial charge >= 0.3 is 6.01 Å². The lowest BCUT2D eigenvalue weighted by Gasteiger charge is -2.13. The van der Waals surface area contributed by atoms with E-state index in [1.165, 1.54) is 0 Å². The number of benzene rings is 2. The predicted molar refractivity (Wildman–Crippen MR) is 99.4 cm³/mol. The van der Waals surface area contributed by atoms with Crippen molar-refractivity contribution < 1.29 is 9.15 Å². The summed E-state index contributed by atoms with van der Waals surface area (Å²) in [6, 6.07) is 11.8. The first-order valence-corrected chi connectivity index (χ1v) is 8.39. The van der Waals surface area contributed by atoms with Gasteiger partial charge in [0, 0.05) is 10.9 Å². The van der Waals surface area contributed by atoms with Crippen molar-refractivity contribution in [1.29, 1.82) is 0 Å². The highest BCUT2D eigenvalue weighted by Gasteiger charge is 2.14. The van der Waals surface area contributed by atoms with Gasteiger partial charge in [0.1, 0.15) is 5.75 Å². The van der Waals surface area contributed by atoms with E-state index < -0.39 is 0 Å². The zero-order valence-electron chi connectivity index (χ0n) is 14.2. The SMILES string of the molecule is COc1cccc([C@@H](C)Nc2nnc(-c3cc(Cl)c4[nH]ncc4c3)o2)c1. The first-order valence-electron chi connectivity index (χ1n) is 8.01. The molecule has 0 aliphatic heterocycles. The zero-order chi connectivity index (χ0) is 18.1. The van der Waals surface area contributed by atoms with Gasteiger partial charge in [-0.25, -0.2) is 0 Å². The van der Waals surface area contributed by atoms with Crippen molar-refractivity contribution in [1.82, 2.24) is 20.4 Å². The van der Waals surface area contributed by atoms with Crippen LogP contribution in [0.5, 0.6) is 5.75 Å². The highest BCUT2D eigenvalue weighted by Crippen LogP contribution is 2.30. The number of halogens is 1. The lowest BCUT2D eigenvalue weighted by Crippen LogP contribution is -2.06. The maximum absolute atomic E-state index is 6.26. The molecule has 0 amide bonds. The van der Waals surface area contributed by atoms with Crippen molar-refractivity contribution in [2.45, 2.75) is 13.0 Å². The average molecular weight is 370 g/mol. The van der Waals surface area contributed by atoms with Crippen LogP contribution >= 0.6 is 11.6 Å². The molecular weight excluding hydrogens is 354 g/mol. The molecule has 0 saturated heterocycles. The molecule has 0 unspecified atom stereocenters. The van der Waals surface area contributed by atoms with Crippen molar-refractivity contribution in [2.24, 2.45) is 0 Å². The van der Waals surface area contributed by atoms with Crippen LogP contribution in [0, 0.1) is 0 Å². The van der Waals surface area contributed by atoms with Gasteiger partial charge in [0.05, 0.1) is 29.9 Å². The van der Waals surface area contributed by atoms with Crippen molar-refractivity contribution in [3.63, 3.8) is 0 Å². The molecule has 2 aromatic carbocycles. The van der Waals surface area contributed by atoms with Gasteiger partial charge in [-0.1, -0.05) is 28.8 Å². The second-order valence-corrected chi connectivity index (χ2v) is 6.25. The lowest BCUT2D eigenvalue weighted by molar-refractivity contribution is 0.414. The van der Waals surface area contributed by atoms with E-state index in [0.29, 0.717) is 16.9 Å². The van der Waals surface area contributed by atoms with Gasteiger partial charge in [0.2, 0.25) is 5.89 Å². The van der Waals surface area contributed by atoms with Crippen LogP contribution in [-0.4, -0.2) is 27.5 Å². The first kappa shape index (κ1) is 16.4. The molecule has 2 aromatic heterocycles. The number of fused-ring (bicyclic) bond motifs is 1. The van der Waals surface area contributed by atoms with E-state index in [4.69, 9.17) is 20.8 Å². The number of ether oxygens (including phenoxy) is 1. The molecule has 0 spiro atoms. The molecule has 26 heavy (non-hydrogen) atoms. The van der Waals surface area contributed by atoms with E-state index in [9.17, 15) is 0 Å². The van der Waals surface area contributed by atoms with Crippen LogP contribution in [0.3, 0.4) is 0 Å². The van der Waals surface area contributed by atoms with Crippen LogP contribution < -0.4 is 10.1 Å². The Bertz CT molecular complexity index is 1060. The minimum Gasteiger partial charge on any atom is -0.497 e. The third-order valence-electron chi connectivity index (χ3n) is 4.11. The van der Waals surface area contributed by atoms with Crippen LogP contribution in [0.25, 0.3) is 22.4 Å². The molecule has 4 rings (SSSR count). The van der Waals surface area contributed by atoms with E-state index in [1.54, 1.807) is 19.4 Å². The quantitative estimate of drug-likeness (QED) is 0.540. The molecule has 132 valence electrons. The van der Waals surface area contributed by atoms with E-state index in [0.717, 1.165) is 27.8 Å². The molecule has 7 nitrogen and oxygen atoms in total. The van der Waals surface area contributed by atoms with E-state index >= 15 is 0 Å². The van der Waals surface area contributed by atoms with Crippen molar-refractivity contribution in [3.8, 4) is 17.2 Å². The van der Waals surface area contributed by atoms with Crippen molar-refractivity contribution >= 4 is 28.5 Å². The van der Waals surface area contributed by atoms with Gasteiger partial charge in [-0.15, -0.1) is 5.10 Å². The molecule has 0 radical (unpaired) electrons. The fourth-order valence-electron chi connectivity index (χ4n) is 2.72. The van der Waals surface area contributed by atoms with Gasteiger partial charge in [0.25, 0.3) is 0 Å². The second kappa shape index (κ2) is 6.68. The number of aromatic amines is 1. The highest BCUT2D eigenvalue weighted by atomic mass is 35.5. The van der Waals surface area contributed by atoms with Crippen LogP contribution in [-0.2, 0) is 0 Å². The summed E-state index contributed by atoms with van der Waals surface area (Å²) >= 11 is 6.26. The fourth-order valence-corrected chi connectivity index (χ4v) is 2.98. The highest BCUT2D eigenvalue weighted by molar-refractivity contribution is 6.35. The van der Waals surface area contributed by atoms with Crippen LogP contribution in [0.15, 0.2) is 47.0 Å². The van der Waals surface area contributed by atoms with Crippen LogP contribution in [0.2, 0.25) is 5.02 Å². The molecule has 4 aromatic rings. The number of rotatable bonds is 5. The Kier molecular flexibility index (Phi) is 4.22. The monoisotopic (exact) mass is 369 g/mol. The van der Waals surface area contributed by atoms with Crippen molar-refractivity contribution in [3.05, 3.63) is 53.2 Å². The summed E-state index contributed by atoms with van der Waals surface area (Å²) in [5.74, 6) is 1.18. The van der Waals surface area contributed by atoms with E-state index in [-0.39, 0.29) is 6.04 Å². The first-order chi connectivity index (χ1) is 12.6. The molecule has 0 bridgehead atoms. The predicted octanol–water partition coefficient (Wildman–Crippen LogP) is 4.45. The summed E-state index contributed by atoms with van der Waals surface area (Å²) < 4.78 is 11.0. The van der Waals surface area contributed by atoms with Gasteiger partial charge in [-0.05, 0) is 36.8 Å². The van der Waals surface area contributed by atoms with Gasteiger partial charge in [-0.3, -0.25) is 5.10 Å². The molecular formula is C18H16ClN5O2. The minimum atomic E-state index is -0.0293. The molecule has 0 aliphatic carbocycles. The number of hydrogen-bond donors (Lipinski definition) is 2. The summed E-state index contributed by atoms with van der Waals surface area (Å²) in [5.41, 5.74) is 2.56. The maximum Gasteiger partial charge on any atom is 0.316 e. The van der Waals surface area contributed by atoms with Gasteiger partial charge in [0.15, 0.2) is 0 Å². The Hall–Kier alpha value is -3.06. The van der Waals surface area contributed by atoms with Gasteiger partial charge in [-0.2, -0.15) is 5.10 Å². The number of methoxy groups -OCH3 is 1. The lowest BCUT2D eigenvalue weighted by atomic mass is 10.1. The number of aromatic nitrogens is 4. The topological polar surface area (TPSA) is 88.9 Å². The molecule has 0 aliphatic rings. The Morgan fingerprint density at radius 3 is 2.96 bits per heavy atom. The smallest absolute Gasteiger partial charge is 0.316 e. The Morgan fingerprint density at radius 2 is 2.12 bits per heavy atom. The van der Waals surface area contributed by atoms with Crippen molar-refractivity contribution in [2.75, 3.05) is 12.4 Å². The Balaban J connectivity index is 1.57. The summed E-state index contributed by atoms with van der Waals surface area (Å²) in [5, 5.41) is 19.7. The number of anilines is 1. The summed E-state index contributed by atoms with van der Waals surface area (Å²) in [4.78, 5) is 0. The molecule has 2 N–H and O–H groups in total. The molecule has 0 fully saturated rings. The second-order valence-electron chi connectivity index (χ2n) is 5.85. The Morgan fingerprint density at radius 1 is 1.23 bits per heavy atom. The van der Waals surface area contributed by atoms with E-state index in [2.05, 4.69) is 25.7 Å². The zero-order valence-corrected chi connectivity index (χ0v) is 14.9. The summed E-state index contributed by atoms with van der Waals surface area (Å²) in [6.45, 7) is 2.01. The number of nitrogens with zero attached hydrogens (tertiary/aromatic N) is 3. The average Bonchev–Trinajstić information content (AvgIpc) is 3.31. The van der Waals surface area contributed by atoms with Gasteiger partial charge < -0.3 is 14.5 Å². The molecule has 1 atom stereocenters. The third kappa shape index (κ3) is 3.09. The number of H-pyrrole nitrogens is 1.